The SMILES string of the molecule is CN(CCOc1ccccc1)C(=O)Nc1cc(F)ccc1F. The first kappa shape index (κ1) is 15.8. The van der Waals surface area contributed by atoms with Crippen LogP contribution in [0.25, 0.3) is 0 Å². The summed E-state index contributed by atoms with van der Waals surface area (Å²) in [6.45, 7) is 0.594. The van der Waals surface area contributed by atoms with E-state index in [1.807, 2.05) is 30.3 Å². The highest BCUT2D eigenvalue weighted by molar-refractivity contribution is 5.89. The molecule has 0 spiro atoms. The fourth-order valence-corrected chi connectivity index (χ4v) is 1.72. The Morgan fingerprint density at radius 3 is 2.64 bits per heavy atom. The predicted octanol–water partition coefficient (Wildman–Crippen LogP) is 3.51. The van der Waals surface area contributed by atoms with Crippen LogP contribution in [0.1, 0.15) is 0 Å². The van der Waals surface area contributed by atoms with E-state index in [2.05, 4.69) is 5.32 Å². The number of carbonyl (C=O) groups is 1. The zero-order chi connectivity index (χ0) is 15.9. The molecule has 0 unspecified atom stereocenters. The molecule has 2 rings (SSSR count). The lowest BCUT2D eigenvalue weighted by molar-refractivity contribution is 0.207. The van der Waals surface area contributed by atoms with Crippen LogP contribution >= 0.6 is 0 Å². The van der Waals surface area contributed by atoms with Crippen LogP contribution in [0.3, 0.4) is 0 Å². The van der Waals surface area contributed by atoms with Gasteiger partial charge in [-0.15, -0.1) is 0 Å². The van der Waals surface area contributed by atoms with Crippen molar-refractivity contribution in [1.82, 2.24) is 4.90 Å². The van der Waals surface area contributed by atoms with Gasteiger partial charge in [-0.2, -0.15) is 0 Å². The number of ether oxygens (including phenoxy) is 1. The Bertz CT molecular complexity index is 635. The van der Waals surface area contributed by atoms with Crippen molar-refractivity contribution in [3.8, 4) is 5.75 Å². The minimum absolute atomic E-state index is 0.194. The van der Waals surface area contributed by atoms with Crippen LogP contribution < -0.4 is 10.1 Å². The molecule has 0 aliphatic rings. The molecule has 2 amide bonds. The van der Waals surface area contributed by atoms with Crippen LogP contribution in [0, 0.1) is 11.6 Å². The summed E-state index contributed by atoms with van der Waals surface area (Å²) >= 11 is 0. The number of rotatable bonds is 5. The highest BCUT2D eigenvalue weighted by Gasteiger charge is 2.12. The number of halogens is 2. The summed E-state index contributed by atoms with van der Waals surface area (Å²) in [5.41, 5.74) is -0.194. The first-order valence-electron chi connectivity index (χ1n) is 6.71. The van der Waals surface area contributed by atoms with Gasteiger partial charge in [-0.05, 0) is 24.3 Å². The summed E-state index contributed by atoms with van der Waals surface area (Å²) in [6.07, 6.45) is 0. The van der Waals surface area contributed by atoms with E-state index in [0.29, 0.717) is 18.9 Å². The van der Waals surface area contributed by atoms with Crippen LogP contribution in [0.2, 0.25) is 0 Å². The number of para-hydroxylation sites is 1. The van der Waals surface area contributed by atoms with E-state index >= 15 is 0 Å². The number of nitrogens with one attached hydrogen (secondary N) is 1. The number of likely N-dealkylation sites (N-methyl/N-ethyl adjacent to an activating group) is 1. The second-order valence-electron chi connectivity index (χ2n) is 4.64. The fourth-order valence-electron chi connectivity index (χ4n) is 1.72. The normalized spacial score (nSPS) is 10.1. The monoisotopic (exact) mass is 306 g/mol. The first-order chi connectivity index (χ1) is 10.6. The number of anilines is 1. The standard InChI is InChI=1S/C16H16F2N2O2/c1-20(9-10-22-13-5-3-2-4-6-13)16(21)19-15-11-12(17)7-8-14(15)18/h2-8,11H,9-10H2,1H3,(H,19,21). The maximum absolute atomic E-state index is 13.4. The predicted molar refractivity (Wildman–Crippen MR) is 79.9 cm³/mol. The van der Waals surface area contributed by atoms with E-state index in [1.165, 1.54) is 4.90 Å². The molecule has 2 aromatic carbocycles. The summed E-state index contributed by atoms with van der Waals surface area (Å²) in [5, 5.41) is 2.32. The molecule has 2 aromatic rings. The van der Waals surface area contributed by atoms with Crippen molar-refractivity contribution in [2.75, 3.05) is 25.5 Å². The summed E-state index contributed by atoms with van der Waals surface area (Å²) in [6, 6.07) is 11.5. The summed E-state index contributed by atoms with van der Waals surface area (Å²) in [4.78, 5) is 13.2. The number of urea groups is 1. The lowest BCUT2D eigenvalue weighted by atomic mass is 10.3. The molecule has 0 saturated heterocycles. The molecule has 116 valence electrons. The lowest BCUT2D eigenvalue weighted by Crippen LogP contribution is -2.34. The fraction of sp³-hybridized carbons (Fsp3) is 0.188. The third-order valence-electron chi connectivity index (χ3n) is 2.96. The smallest absolute Gasteiger partial charge is 0.321 e. The van der Waals surface area contributed by atoms with Gasteiger partial charge < -0.3 is 15.0 Å². The molecular weight excluding hydrogens is 290 g/mol. The van der Waals surface area contributed by atoms with Gasteiger partial charge in [0.25, 0.3) is 0 Å². The summed E-state index contributed by atoms with van der Waals surface area (Å²) < 4.78 is 31.9. The van der Waals surface area contributed by atoms with Crippen LogP contribution in [0.15, 0.2) is 48.5 Å². The van der Waals surface area contributed by atoms with E-state index in [-0.39, 0.29) is 5.69 Å². The molecule has 0 bridgehead atoms. The van der Waals surface area contributed by atoms with Gasteiger partial charge >= 0.3 is 6.03 Å². The average molecular weight is 306 g/mol. The van der Waals surface area contributed by atoms with E-state index in [9.17, 15) is 13.6 Å². The maximum atomic E-state index is 13.4. The largest absolute Gasteiger partial charge is 0.492 e. The lowest BCUT2D eigenvalue weighted by Gasteiger charge is -2.18. The molecule has 0 fully saturated rings. The van der Waals surface area contributed by atoms with Gasteiger partial charge in [0.15, 0.2) is 0 Å². The number of amides is 2. The number of benzene rings is 2. The minimum atomic E-state index is -0.691. The molecule has 0 heterocycles. The van der Waals surface area contributed by atoms with Crippen LogP contribution in [-0.4, -0.2) is 31.1 Å². The van der Waals surface area contributed by atoms with Gasteiger partial charge in [-0.25, -0.2) is 13.6 Å². The molecule has 1 N–H and O–H groups in total. The quantitative estimate of drug-likeness (QED) is 0.918. The minimum Gasteiger partial charge on any atom is -0.492 e. The molecule has 0 radical (unpaired) electrons. The second kappa shape index (κ2) is 7.40. The molecule has 0 atom stereocenters. The van der Waals surface area contributed by atoms with Gasteiger partial charge in [0, 0.05) is 13.1 Å². The highest BCUT2D eigenvalue weighted by Crippen LogP contribution is 2.15. The maximum Gasteiger partial charge on any atom is 0.321 e. The Kier molecular flexibility index (Phi) is 5.30. The van der Waals surface area contributed by atoms with Crippen molar-refractivity contribution < 1.29 is 18.3 Å². The van der Waals surface area contributed by atoms with Crippen LogP contribution in [0.5, 0.6) is 5.75 Å². The van der Waals surface area contributed by atoms with Crippen molar-refractivity contribution in [3.05, 3.63) is 60.2 Å². The molecule has 22 heavy (non-hydrogen) atoms. The van der Waals surface area contributed by atoms with Crippen molar-refractivity contribution in [1.29, 1.82) is 0 Å². The van der Waals surface area contributed by atoms with Gasteiger partial charge in [0.05, 0.1) is 12.2 Å². The number of hydrogen-bond acceptors (Lipinski definition) is 2. The third kappa shape index (κ3) is 4.44. The van der Waals surface area contributed by atoms with Gasteiger partial charge in [0.2, 0.25) is 0 Å². The Morgan fingerprint density at radius 2 is 1.91 bits per heavy atom. The molecular formula is C16H16F2N2O2. The van der Waals surface area contributed by atoms with Gasteiger partial charge in [-0.1, -0.05) is 18.2 Å². The van der Waals surface area contributed by atoms with Crippen molar-refractivity contribution in [2.45, 2.75) is 0 Å². The first-order valence-corrected chi connectivity index (χ1v) is 6.71. The van der Waals surface area contributed by atoms with E-state index < -0.39 is 17.7 Å². The Hall–Kier alpha value is -2.63. The Balaban J connectivity index is 1.83. The van der Waals surface area contributed by atoms with Crippen molar-refractivity contribution in [3.63, 3.8) is 0 Å². The zero-order valence-corrected chi connectivity index (χ0v) is 12.1. The number of carbonyl (C=O) groups excluding carboxylic acids is 1. The van der Waals surface area contributed by atoms with Crippen molar-refractivity contribution in [2.24, 2.45) is 0 Å². The Labute approximate surface area is 127 Å². The topological polar surface area (TPSA) is 41.6 Å². The molecule has 4 nitrogen and oxygen atoms in total. The van der Waals surface area contributed by atoms with E-state index in [4.69, 9.17) is 4.74 Å². The molecule has 6 heteroatoms. The zero-order valence-electron chi connectivity index (χ0n) is 12.1. The Morgan fingerprint density at radius 1 is 1.18 bits per heavy atom. The molecule has 0 saturated carbocycles. The summed E-state index contributed by atoms with van der Waals surface area (Å²) in [5.74, 6) is -0.608. The number of hydrogen-bond donors (Lipinski definition) is 1. The highest BCUT2D eigenvalue weighted by atomic mass is 19.1. The van der Waals surface area contributed by atoms with E-state index in [0.717, 1.165) is 18.2 Å². The van der Waals surface area contributed by atoms with Gasteiger partial charge in [0.1, 0.15) is 24.0 Å². The second-order valence-corrected chi connectivity index (χ2v) is 4.64. The van der Waals surface area contributed by atoms with Gasteiger partial charge in [-0.3, -0.25) is 0 Å². The van der Waals surface area contributed by atoms with Crippen LogP contribution in [-0.2, 0) is 0 Å². The molecule has 0 aliphatic carbocycles. The van der Waals surface area contributed by atoms with Crippen molar-refractivity contribution >= 4 is 11.7 Å². The summed E-state index contributed by atoms with van der Waals surface area (Å²) in [7, 11) is 1.54. The number of nitrogens with zero attached hydrogens (tertiary/aromatic N) is 1. The average Bonchev–Trinajstić information content (AvgIpc) is 2.52. The molecule has 0 aliphatic heterocycles. The molecule has 0 aromatic heterocycles. The van der Waals surface area contributed by atoms with E-state index in [1.54, 1.807) is 7.05 Å². The third-order valence-corrected chi connectivity index (χ3v) is 2.96. The van der Waals surface area contributed by atoms with Crippen LogP contribution in [0.4, 0.5) is 19.3 Å².